The van der Waals surface area contributed by atoms with Gasteiger partial charge >= 0.3 is 0 Å². The Balaban J connectivity index is 3.70. The number of hydrogen-bond donors (Lipinski definition) is 0. The van der Waals surface area contributed by atoms with Crippen molar-refractivity contribution in [3.05, 3.63) is 0 Å². The van der Waals surface area contributed by atoms with E-state index < -0.39 is 0 Å². The molecule has 0 aromatic heterocycles. The summed E-state index contributed by atoms with van der Waals surface area (Å²) in [6.07, 6.45) is 1.61. The first-order valence-electron chi connectivity index (χ1n) is 2.51. The Hall–Kier alpha value is 0.340. The first-order valence-corrected chi connectivity index (χ1v) is 3.53. The van der Waals surface area contributed by atoms with Crippen molar-refractivity contribution in [2.45, 2.75) is 19.8 Å². The van der Waals surface area contributed by atoms with Crippen LogP contribution in [0.2, 0.25) is 0 Å². The molecule has 54 valence electrons. The van der Waals surface area contributed by atoms with Crippen molar-refractivity contribution in [2.24, 2.45) is 4.51 Å². The van der Waals surface area contributed by atoms with Crippen LogP contribution in [-0.4, -0.2) is 9.77 Å². The lowest BCUT2D eigenvalue weighted by molar-refractivity contribution is 0.912. The molecule has 9 heavy (non-hydrogen) atoms. The zero-order valence-corrected chi connectivity index (χ0v) is 7.21. The molecule has 0 aliphatic rings. The molecule has 0 amide bonds. The van der Waals surface area contributed by atoms with Crippen molar-refractivity contribution >= 4 is 41.2 Å². The lowest BCUT2D eigenvalue weighted by atomic mass is 10.3. The van der Waals surface area contributed by atoms with Gasteiger partial charge in [0.2, 0.25) is 0 Å². The highest BCUT2D eigenvalue weighted by atomic mass is 35.5. The molecule has 0 saturated carbocycles. The van der Waals surface area contributed by atoms with E-state index in [1.165, 1.54) is 0 Å². The molecule has 0 atom stereocenters. The average molecular weight is 189 g/mol. The fourth-order valence-corrected chi connectivity index (χ4v) is 0.861. The molecule has 0 rings (SSSR count). The predicted molar refractivity (Wildman–Crippen MR) is 41.7 cm³/mol. The van der Waals surface area contributed by atoms with E-state index in [0.717, 1.165) is 10.4 Å². The molecular weight excluding hydrogens is 182 g/mol. The lowest BCUT2D eigenvalue weighted by Crippen LogP contribution is -2.09. The van der Waals surface area contributed by atoms with Crippen molar-refractivity contribution in [3.63, 3.8) is 0 Å². The minimum Gasteiger partial charge on any atom is -0.178 e. The fraction of sp³-hybridized carbons (Fsp3) is 0.750. The predicted octanol–water partition coefficient (Wildman–Crippen LogP) is 2.95. The van der Waals surface area contributed by atoms with E-state index in [1.807, 2.05) is 6.92 Å². The summed E-state index contributed by atoms with van der Waals surface area (Å²) >= 11 is 15.7. The van der Waals surface area contributed by atoms with Gasteiger partial charge in [0.25, 0.3) is 0 Å². The normalized spacial score (nSPS) is 11.8. The molecule has 2 nitrogen and oxygen atoms in total. The van der Waals surface area contributed by atoms with Crippen molar-refractivity contribution in [1.29, 1.82) is 0 Å². The van der Waals surface area contributed by atoms with Gasteiger partial charge in [-0.05, 0) is 6.42 Å². The van der Waals surface area contributed by atoms with Gasteiger partial charge in [-0.25, -0.2) is 0 Å². The minimum absolute atomic E-state index is 0.475. The molecule has 5 heteroatoms. The average Bonchev–Trinajstić information content (AvgIpc) is 1.82. The van der Waals surface area contributed by atoms with Crippen molar-refractivity contribution in [3.8, 4) is 0 Å². The van der Waals surface area contributed by atoms with Gasteiger partial charge < -0.3 is 0 Å². The Labute approximate surface area is 69.7 Å². The molecule has 0 aromatic carbocycles. The summed E-state index contributed by atoms with van der Waals surface area (Å²) in [7, 11) is 0. The van der Waals surface area contributed by atoms with E-state index in [9.17, 15) is 0 Å². The highest BCUT2D eigenvalue weighted by Crippen LogP contribution is 2.07. The summed E-state index contributed by atoms with van der Waals surface area (Å²) in [6, 6.07) is 0. The maximum atomic E-state index is 5.31. The maximum absolute atomic E-state index is 5.31. The topological polar surface area (TPSA) is 15.6 Å². The zero-order chi connectivity index (χ0) is 7.28. The summed E-state index contributed by atoms with van der Waals surface area (Å²) in [6.45, 7) is 1.99. The lowest BCUT2D eigenvalue weighted by Gasteiger charge is -2.04. The number of nitrogens with zero attached hydrogens (tertiary/aromatic N) is 2. The molecule has 0 radical (unpaired) electrons. The van der Waals surface area contributed by atoms with Crippen LogP contribution in [0.1, 0.15) is 19.8 Å². The van der Waals surface area contributed by atoms with E-state index >= 15 is 0 Å². The van der Waals surface area contributed by atoms with Crippen LogP contribution in [0.15, 0.2) is 4.51 Å². The van der Waals surface area contributed by atoms with E-state index in [2.05, 4.69) is 4.51 Å². The van der Waals surface area contributed by atoms with Crippen LogP contribution < -0.4 is 0 Å². The maximum Gasteiger partial charge on any atom is 0.150 e. The smallest absolute Gasteiger partial charge is 0.150 e. The minimum atomic E-state index is 0.475. The second-order valence-electron chi connectivity index (χ2n) is 1.48. The van der Waals surface area contributed by atoms with Gasteiger partial charge in [0.05, 0.1) is 0 Å². The molecular formula is C4H7Cl3N2. The third-order valence-corrected chi connectivity index (χ3v) is 1.35. The number of amidine groups is 1. The van der Waals surface area contributed by atoms with Gasteiger partial charge in [-0.15, -0.1) is 0 Å². The van der Waals surface area contributed by atoms with E-state index in [-0.39, 0.29) is 0 Å². The summed E-state index contributed by atoms with van der Waals surface area (Å²) in [5.74, 6) is 0.475. The molecule has 0 aliphatic heterocycles. The third-order valence-electron chi connectivity index (χ3n) is 0.766. The van der Waals surface area contributed by atoms with E-state index in [0.29, 0.717) is 12.3 Å². The van der Waals surface area contributed by atoms with Crippen molar-refractivity contribution < 1.29 is 0 Å². The van der Waals surface area contributed by atoms with Gasteiger partial charge in [0.1, 0.15) is 0 Å². The summed E-state index contributed by atoms with van der Waals surface area (Å²) < 4.78 is 4.20. The fourth-order valence-electron chi connectivity index (χ4n) is 0.379. The molecule has 0 bridgehead atoms. The summed E-state index contributed by atoms with van der Waals surface area (Å²) in [5, 5.41) is 0. The van der Waals surface area contributed by atoms with Crippen LogP contribution in [0.5, 0.6) is 0 Å². The molecule has 0 N–H and O–H groups in total. The van der Waals surface area contributed by atoms with Gasteiger partial charge in [-0.2, -0.15) is 8.45 Å². The SMILES string of the molecule is CCC/C(=N/Cl)N(Cl)Cl. The quantitative estimate of drug-likeness (QED) is 0.370. The van der Waals surface area contributed by atoms with Crippen molar-refractivity contribution in [2.75, 3.05) is 0 Å². The Kier molecular flexibility index (Phi) is 5.35. The number of hydrogen-bond acceptors (Lipinski definition) is 1. The molecule has 0 fully saturated rings. The summed E-state index contributed by atoms with van der Waals surface area (Å²) in [5.41, 5.74) is 0. The Bertz CT molecular complexity index is 102. The van der Waals surface area contributed by atoms with Crippen LogP contribution in [0, 0.1) is 0 Å². The Morgan fingerprint density at radius 1 is 1.56 bits per heavy atom. The van der Waals surface area contributed by atoms with E-state index in [1.54, 1.807) is 0 Å². The highest BCUT2D eigenvalue weighted by molar-refractivity contribution is 6.43. The molecule has 0 heterocycles. The molecule has 0 saturated heterocycles. The van der Waals surface area contributed by atoms with Crippen LogP contribution >= 0.6 is 35.3 Å². The third kappa shape index (κ3) is 3.84. The van der Waals surface area contributed by atoms with Gasteiger partial charge in [0.15, 0.2) is 5.84 Å². The van der Waals surface area contributed by atoms with E-state index in [4.69, 9.17) is 35.3 Å². The molecule has 0 unspecified atom stereocenters. The van der Waals surface area contributed by atoms with Gasteiger partial charge in [-0.3, -0.25) is 0 Å². The second-order valence-corrected chi connectivity index (χ2v) is 2.50. The second kappa shape index (κ2) is 5.15. The molecule has 0 aliphatic carbocycles. The summed E-state index contributed by atoms with van der Waals surface area (Å²) in [4.78, 5) is 0. The highest BCUT2D eigenvalue weighted by Gasteiger charge is 2.02. The Morgan fingerprint density at radius 2 is 2.11 bits per heavy atom. The zero-order valence-electron chi connectivity index (χ0n) is 4.94. The molecule has 0 spiro atoms. The Morgan fingerprint density at radius 3 is 2.22 bits per heavy atom. The van der Waals surface area contributed by atoms with Gasteiger partial charge in [-0.1, -0.05) is 6.92 Å². The number of rotatable bonds is 2. The first-order chi connectivity index (χ1) is 4.22. The first kappa shape index (κ1) is 9.34. The van der Waals surface area contributed by atoms with Gasteiger partial charge in [0, 0.05) is 41.8 Å². The molecule has 0 aromatic rings. The van der Waals surface area contributed by atoms with Crippen LogP contribution in [0.25, 0.3) is 0 Å². The largest absolute Gasteiger partial charge is 0.178 e. The monoisotopic (exact) mass is 188 g/mol. The number of halogens is 3. The standard InChI is InChI=1S/C4H7Cl3N2/c1-2-3-4(8-5)9(6)7/h2-3H2,1H3/b8-4-. The van der Waals surface area contributed by atoms with Crippen molar-refractivity contribution in [1.82, 2.24) is 3.94 Å². The van der Waals surface area contributed by atoms with Crippen LogP contribution in [0.3, 0.4) is 0 Å². The van der Waals surface area contributed by atoms with Crippen LogP contribution in [-0.2, 0) is 0 Å². The van der Waals surface area contributed by atoms with Crippen LogP contribution in [0.4, 0.5) is 0 Å².